The fourth-order valence-corrected chi connectivity index (χ4v) is 2.77. The van der Waals surface area contributed by atoms with E-state index < -0.39 is 25.1 Å². The minimum atomic E-state index is -4.80. The van der Waals surface area contributed by atoms with Gasteiger partial charge in [0, 0.05) is 13.6 Å². The second kappa shape index (κ2) is 4.71. The van der Waals surface area contributed by atoms with E-state index in [1.165, 1.54) is 7.05 Å². The number of nitrogens with zero attached hydrogens (tertiary/aromatic N) is 1. The van der Waals surface area contributed by atoms with Gasteiger partial charge in [0.1, 0.15) is 0 Å². The van der Waals surface area contributed by atoms with E-state index in [4.69, 9.17) is 0 Å². The van der Waals surface area contributed by atoms with Gasteiger partial charge in [-0.15, -0.1) is 3.89 Å². The zero-order valence-electron chi connectivity index (χ0n) is 9.29. The summed E-state index contributed by atoms with van der Waals surface area (Å²) in [6.45, 7) is 1.95. The zero-order valence-corrected chi connectivity index (χ0v) is 10.9. The number of rotatable bonds is 4. The Balaban J connectivity index is 3.21. The molecule has 0 unspecified atom stereocenters. The Labute approximate surface area is 100 Å². The third-order valence-electron chi connectivity index (χ3n) is 2.26. The summed E-state index contributed by atoms with van der Waals surface area (Å²) in [7, 11) is -7.04. The molecule has 0 fully saturated rings. The fourth-order valence-electron chi connectivity index (χ4n) is 1.12. The first-order valence-electron chi connectivity index (χ1n) is 4.70. The minimum absolute atomic E-state index is 0.0748. The summed E-state index contributed by atoms with van der Waals surface area (Å²) in [5, 5.41) is 0. The van der Waals surface area contributed by atoms with Crippen LogP contribution < -0.4 is 0 Å². The highest BCUT2D eigenvalue weighted by molar-refractivity contribution is 7.89. The lowest BCUT2D eigenvalue weighted by molar-refractivity contribution is 0.486. The summed E-state index contributed by atoms with van der Waals surface area (Å²) >= 11 is 0. The molecule has 0 amide bonds. The molecule has 8 heteroatoms. The summed E-state index contributed by atoms with van der Waals surface area (Å²) in [6, 6.07) is 3.97. The van der Waals surface area contributed by atoms with Gasteiger partial charge in [0.2, 0.25) is 10.0 Å². The molecule has 0 aromatic heterocycles. The van der Waals surface area contributed by atoms with Gasteiger partial charge < -0.3 is 0 Å². The van der Waals surface area contributed by atoms with Crippen LogP contribution in [0.5, 0.6) is 0 Å². The largest absolute Gasteiger partial charge is 0.332 e. The number of halogens is 1. The predicted octanol–water partition coefficient (Wildman–Crippen LogP) is 0.985. The molecule has 0 heterocycles. The van der Waals surface area contributed by atoms with E-state index in [1.54, 1.807) is 6.92 Å². The minimum Gasteiger partial charge on any atom is -0.207 e. The SMILES string of the molecule is CCN(C)S(=O)(=O)c1ccc(S(=O)(=O)F)cc1. The lowest BCUT2D eigenvalue weighted by Gasteiger charge is -2.14. The molecular weight excluding hydrogens is 269 g/mol. The highest BCUT2D eigenvalue weighted by atomic mass is 32.3. The quantitative estimate of drug-likeness (QED) is 0.771. The maximum Gasteiger partial charge on any atom is 0.332 e. The van der Waals surface area contributed by atoms with Crippen LogP contribution in [0, 0.1) is 0 Å². The standard InChI is InChI=1S/C9H12FNO4S2/c1-3-11(2)17(14,15)9-6-4-8(5-7-9)16(10,12)13/h4-7H,3H2,1-2H3. The van der Waals surface area contributed by atoms with Gasteiger partial charge in [-0.3, -0.25) is 0 Å². The molecule has 0 radical (unpaired) electrons. The summed E-state index contributed by atoms with van der Waals surface area (Å²) in [5.74, 6) is 0. The fraction of sp³-hybridized carbons (Fsp3) is 0.333. The highest BCUT2D eigenvalue weighted by Crippen LogP contribution is 2.18. The lowest BCUT2D eigenvalue weighted by atomic mass is 10.4. The van der Waals surface area contributed by atoms with E-state index in [0.29, 0.717) is 0 Å². The van der Waals surface area contributed by atoms with Gasteiger partial charge in [-0.05, 0) is 24.3 Å². The van der Waals surface area contributed by atoms with Crippen molar-refractivity contribution >= 4 is 20.2 Å². The van der Waals surface area contributed by atoms with Gasteiger partial charge in [-0.25, -0.2) is 12.7 Å². The van der Waals surface area contributed by atoms with E-state index in [-0.39, 0.29) is 11.4 Å². The summed E-state index contributed by atoms with van der Waals surface area (Å²) in [6.07, 6.45) is 0. The monoisotopic (exact) mass is 281 g/mol. The van der Waals surface area contributed by atoms with Crippen LogP contribution in [-0.4, -0.2) is 34.7 Å². The second-order valence-corrected chi connectivity index (χ2v) is 6.72. The number of hydrogen-bond acceptors (Lipinski definition) is 4. The lowest BCUT2D eigenvalue weighted by Crippen LogP contribution is -2.26. The van der Waals surface area contributed by atoms with Gasteiger partial charge in [-0.2, -0.15) is 8.42 Å². The van der Waals surface area contributed by atoms with Gasteiger partial charge in [0.05, 0.1) is 9.79 Å². The number of hydrogen-bond donors (Lipinski definition) is 0. The average Bonchev–Trinajstić information content (AvgIpc) is 2.27. The predicted molar refractivity (Wildman–Crippen MR) is 60.2 cm³/mol. The van der Waals surface area contributed by atoms with Gasteiger partial charge >= 0.3 is 10.2 Å². The molecule has 0 N–H and O–H groups in total. The maximum atomic E-state index is 12.6. The molecule has 1 aromatic rings. The molecule has 1 rings (SSSR count). The normalized spacial score (nSPS) is 12.9. The Morgan fingerprint density at radius 3 is 1.82 bits per heavy atom. The van der Waals surface area contributed by atoms with Crippen LogP contribution >= 0.6 is 0 Å². The molecule has 0 bridgehead atoms. The van der Waals surface area contributed by atoms with Gasteiger partial charge in [-0.1, -0.05) is 6.92 Å². The highest BCUT2D eigenvalue weighted by Gasteiger charge is 2.20. The molecule has 0 aliphatic heterocycles. The average molecular weight is 281 g/mol. The van der Waals surface area contributed by atoms with E-state index in [2.05, 4.69) is 0 Å². The van der Waals surface area contributed by atoms with Crippen LogP contribution in [0.15, 0.2) is 34.1 Å². The first-order chi connectivity index (χ1) is 7.69. The molecular formula is C9H12FNO4S2. The summed E-state index contributed by atoms with van der Waals surface area (Å²) < 4.78 is 58.4. The van der Waals surface area contributed by atoms with Crippen molar-refractivity contribution in [2.45, 2.75) is 16.7 Å². The van der Waals surface area contributed by atoms with E-state index in [9.17, 15) is 20.7 Å². The molecule has 0 aliphatic carbocycles. The molecule has 96 valence electrons. The smallest absolute Gasteiger partial charge is 0.207 e. The third-order valence-corrected chi connectivity index (χ3v) is 5.04. The molecule has 1 aromatic carbocycles. The maximum absolute atomic E-state index is 12.6. The molecule has 0 saturated heterocycles. The van der Waals surface area contributed by atoms with Crippen molar-refractivity contribution in [3.63, 3.8) is 0 Å². The van der Waals surface area contributed by atoms with Crippen molar-refractivity contribution in [2.75, 3.05) is 13.6 Å². The molecule has 0 spiro atoms. The molecule has 17 heavy (non-hydrogen) atoms. The third kappa shape index (κ3) is 3.02. The second-order valence-electron chi connectivity index (χ2n) is 3.33. The van der Waals surface area contributed by atoms with E-state index in [0.717, 1.165) is 28.6 Å². The summed E-state index contributed by atoms with van der Waals surface area (Å²) in [4.78, 5) is -0.634. The van der Waals surface area contributed by atoms with Crippen LogP contribution in [0.2, 0.25) is 0 Å². The van der Waals surface area contributed by atoms with Crippen LogP contribution in [0.1, 0.15) is 6.92 Å². The summed E-state index contributed by atoms with van der Waals surface area (Å²) in [5.41, 5.74) is 0. The Bertz CT molecular complexity index is 592. The number of benzene rings is 1. The van der Waals surface area contributed by atoms with Gasteiger partial charge in [0.25, 0.3) is 0 Å². The topological polar surface area (TPSA) is 71.5 Å². The molecule has 5 nitrogen and oxygen atoms in total. The van der Waals surface area contributed by atoms with E-state index in [1.807, 2.05) is 0 Å². The first-order valence-corrected chi connectivity index (χ1v) is 7.53. The molecule has 0 aliphatic rings. The van der Waals surface area contributed by atoms with Crippen molar-refractivity contribution in [2.24, 2.45) is 0 Å². The van der Waals surface area contributed by atoms with E-state index >= 15 is 0 Å². The van der Waals surface area contributed by atoms with Crippen LogP contribution in [-0.2, 0) is 20.2 Å². The zero-order chi connectivity index (χ0) is 13.3. The van der Waals surface area contributed by atoms with Crippen molar-refractivity contribution in [1.29, 1.82) is 0 Å². The van der Waals surface area contributed by atoms with Crippen molar-refractivity contribution < 1.29 is 20.7 Å². The van der Waals surface area contributed by atoms with Crippen LogP contribution in [0.4, 0.5) is 3.89 Å². The first kappa shape index (κ1) is 14.1. The molecule has 0 atom stereocenters. The van der Waals surface area contributed by atoms with Crippen molar-refractivity contribution in [3.8, 4) is 0 Å². The van der Waals surface area contributed by atoms with Crippen LogP contribution in [0.3, 0.4) is 0 Å². The van der Waals surface area contributed by atoms with Crippen molar-refractivity contribution in [3.05, 3.63) is 24.3 Å². The Kier molecular flexibility index (Phi) is 3.90. The molecule has 0 saturated carbocycles. The Hall–Kier alpha value is -0.990. The Morgan fingerprint density at radius 1 is 1.06 bits per heavy atom. The van der Waals surface area contributed by atoms with Crippen molar-refractivity contribution in [1.82, 2.24) is 4.31 Å². The number of sulfonamides is 1. The van der Waals surface area contributed by atoms with Gasteiger partial charge in [0.15, 0.2) is 0 Å². The Morgan fingerprint density at radius 2 is 1.47 bits per heavy atom. The van der Waals surface area contributed by atoms with Crippen LogP contribution in [0.25, 0.3) is 0 Å².